The molecule has 0 bridgehead atoms. The van der Waals surface area contributed by atoms with E-state index in [2.05, 4.69) is 26.6 Å². The molecule has 0 radical (unpaired) electrons. The number of para-hydroxylation sites is 2. The van der Waals surface area contributed by atoms with Crippen molar-refractivity contribution >= 4 is 50.8 Å². The fourth-order valence-electron chi connectivity index (χ4n) is 6.69. The van der Waals surface area contributed by atoms with Crippen LogP contribution in [0.2, 0.25) is 0 Å². The number of ether oxygens (including phenoxy) is 2. The van der Waals surface area contributed by atoms with E-state index in [9.17, 15) is 24.3 Å². The zero-order valence-electron chi connectivity index (χ0n) is 29.0. The summed E-state index contributed by atoms with van der Waals surface area (Å²) in [6.07, 6.45) is 0.901. The van der Waals surface area contributed by atoms with Gasteiger partial charge in [-0.1, -0.05) is 50.2 Å². The molecule has 1 aliphatic carbocycles. The molecular weight excluding hydrogens is 690 g/mol. The largest absolute Gasteiger partial charge is 0.493 e. The molecule has 0 aromatic heterocycles. The maximum atomic E-state index is 14.3. The van der Waals surface area contributed by atoms with Gasteiger partial charge in [-0.05, 0) is 90.5 Å². The number of nitrogens with zero attached hydrogens (tertiary/aromatic N) is 1. The van der Waals surface area contributed by atoms with Crippen molar-refractivity contribution in [2.45, 2.75) is 65.4 Å². The monoisotopic (exact) mass is 735 g/mol. The van der Waals surface area contributed by atoms with Gasteiger partial charge in [0.2, 0.25) is 11.8 Å². The molecular formula is C38H46BrN3O7. The number of amides is 3. The maximum Gasteiger partial charge on any atom is 0.260 e. The van der Waals surface area contributed by atoms with Gasteiger partial charge in [0.25, 0.3) is 5.91 Å². The number of nitrogens with one attached hydrogen (secondary N) is 2. The second-order valence-electron chi connectivity index (χ2n) is 12.4. The van der Waals surface area contributed by atoms with Crippen LogP contribution in [0.3, 0.4) is 0 Å². The fourth-order valence-corrected chi connectivity index (χ4v) is 7.26. The van der Waals surface area contributed by atoms with Crippen LogP contribution in [0.15, 0.2) is 65.1 Å². The number of Topliss-reactive ketones (excluding diaryl/α,β-unsaturated/α-hetero) is 1. The normalized spacial score (nSPS) is 20.3. The Hall–Kier alpha value is -4.22. The molecule has 1 saturated carbocycles. The summed E-state index contributed by atoms with van der Waals surface area (Å²) < 4.78 is 12.0. The van der Waals surface area contributed by atoms with E-state index in [1.165, 1.54) is 14.0 Å². The van der Waals surface area contributed by atoms with Gasteiger partial charge in [0.1, 0.15) is 11.7 Å². The quantitative estimate of drug-likeness (QED) is 0.180. The predicted molar refractivity (Wildman–Crippen MR) is 193 cm³/mol. The molecule has 3 aromatic rings. The second-order valence-corrected chi connectivity index (χ2v) is 13.2. The third-order valence-electron chi connectivity index (χ3n) is 9.24. The van der Waals surface area contributed by atoms with Crippen LogP contribution >= 0.6 is 15.9 Å². The van der Waals surface area contributed by atoms with Crippen LogP contribution in [0.25, 0.3) is 0 Å². The Kier molecular flexibility index (Phi) is 12.6. The van der Waals surface area contributed by atoms with Gasteiger partial charge in [-0.25, -0.2) is 0 Å². The zero-order chi connectivity index (χ0) is 35.9. The number of hydrogen-bond acceptors (Lipinski definition) is 7. The number of likely N-dealkylation sites (N-methyl/N-ethyl adjacent to an activating group) is 1. The van der Waals surface area contributed by atoms with Crippen LogP contribution in [0.5, 0.6) is 11.5 Å². The number of halogens is 1. The first kappa shape index (κ1) is 37.6. The molecule has 4 unspecified atom stereocenters. The van der Waals surface area contributed by atoms with Crippen molar-refractivity contribution in [3.05, 3.63) is 81.8 Å². The average molecular weight is 737 g/mol. The summed E-state index contributed by atoms with van der Waals surface area (Å²) in [5.41, 5.74) is 1.52. The lowest BCUT2D eigenvalue weighted by molar-refractivity contribution is -0.151. The minimum atomic E-state index is -1.81. The summed E-state index contributed by atoms with van der Waals surface area (Å²) in [5, 5.41) is 17.8. The number of benzene rings is 3. The highest BCUT2D eigenvalue weighted by Gasteiger charge is 2.56. The van der Waals surface area contributed by atoms with Crippen molar-refractivity contribution in [1.29, 1.82) is 0 Å². The Balaban J connectivity index is 1.84. The van der Waals surface area contributed by atoms with E-state index >= 15 is 0 Å². The van der Waals surface area contributed by atoms with Crippen LogP contribution in [0, 0.1) is 11.8 Å². The van der Waals surface area contributed by atoms with Crippen molar-refractivity contribution in [3.63, 3.8) is 0 Å². The van der Waals surface area contributed by atoms with Crippen LogP contribution in [-0.2, 0) is 32.0 Å². The molecule has 0 spiro atoms. The summed E-state index contributed by atoms with van der Waals surface area (Å²) in [6, 6.07) is 18.0. The van der Waals surface area contributed by atoms with Crippen LogP contribution in [0.1, 0.15) is 63.6 Å². The lowest BCUT2D eigenvalue weighted by atomic mass is 9.61. The number of rotatable bonds is 13. The van der Waals surface area contributed by atoms with Crippen LogP contribution < -0.4 is 20.1 Å². The van der Waals surface area contributed by atoms with Gasteiger partial charge in [0.05, 0.1) is 23.1 Å². The van der Waals surface area contributed by atoms with Crippen molar-refractivity contribution in [2.75, 3.05) is 37.4 Å². The smallest absolute Gasteiger partial charge is 0.260 e. The number of methoxy groups -OCH3 is 1. The van der Waals surface area contributed by atoms with E-state index in [4.69, 9.17) is 9.47 Å². The highest BCUT2D eigenvalue weighted by molar-refractivity contribution is 9.10. The zero-order valence-corrected chi connectivity index (χ0v) is 30.6. The Bertz CT molecular complexity index is 1690. The van der Waals surface area contributed by atoms with E-state index in [-0.39, 0.29) is 24.0 Å². The van der Waals surface area contributed by atoms with Gasteiger partial charge < -0.3 is 30.1 Å². The summed E-state index contributed by atoms with van der Waals surface area (Å²) in [7, 11) is 1.44. The van der Waals surface area contributed by atoms with E-state index in [1.807, 2.05) is 58.0 Å². The number of carbonyl (C=O) groups excluding carboxylic acids is 4. The third kappa shape index (κ3) is 8.33. The lowest BCUT2D eigenvalue weighted by Gasteiger charge is -2.44. The molecule has 1 aliphatic rings. The molecule has 3 aromatic carbocycles. The van der Waals surface area contributed by atoms with Gasteiger partial charge >= 0.3 is 0 Å². The topological polar surface area (TPSA) is 134 Å². The van der Waals surface area contributed by atoms with Crippen LogP contribution in [0.4, 0.5) is 11.4 Å². The SMILES string of the molecule is CCc1ccccc1NC(=O)C1C(=O)CC(C)(O)C(C(=O)Nc2ccccc2CC)C1c1cc(Br)c(OCC(=O)N(CC)CC)c(OC)c1. The third-order valence-corrected chi connectivity index (χ3v) is 9.83. The van der Waals surface area contributed by atoms with Gasteiger partial charge in [-0.2, -0.15) is 0 Å². The van der Waals surface area contributed by atoms with Crippen molar-refractivity contribution in [3.8, 4) is 11.5 Å². The van der Waals surface area contributed by atoms with E-state index in [1.54, 1.807) is 35.2 Å². The number of aryl methyl sites for hydroxylation is 2. The van der Waals surface area contributed by atoms with Crippen molar-refractivity contribution < 1.29 is 33.8 Å². The average Bonchev–Trinajstić information content (AvgIpc) is 3.07. The molecule has 3 N–H and O–H groups in total. The maximum absolute atomic E-state index is 14.3. The Morgan fingerprint density at radius 3 is 2.00 bits per heavy atom. The molecule has 3 amide bonds. The first-order valence-corrected chi connectivity index (χ1v) is 17.5. The Morgan fingerprint density at radius 2 is 1.47 bits per heavy atom. The molecule has 0 saturated heterocycles. The fraction of sp³-hybridized carbons (Fsp3) is 0.421. The molecule has 1 fully saturated rings. The summed E-state index contributed by atoms with van der Waals surface area (Å²) >= 11 is 3.55. The molecule has 262 valence electrons. The lowest BCUT2D eigenvalue weighted by Crippen LogP contribution is -2.56. The van der Waals surface area contributed by atoms with Crippen molar-refractivity contribution in [2.24, 2.45) is 11.8 Å². The highest BCUT2D eigenvalue weighted by Crippen LogP contribution is 2.49. The molecule has 49 heavy (non-hydrogen) atoms. The standard InChI is InChI=1S/C38H46BrN3O7/c1-7-23-15-11-13-17-27(23)40-36(45)33-29(43)21-38(5,47)34(37(46)41-28-18-14-12-16-24(28)8-2)32(33)25-19-26(39)35(30(20-25)48-6)49-22-31(44)42(9-3)10-4/h11-20,32-34,47H,7-10,21-22H2,1-6H3,(H,40,45)(H,41,46). The van der Waals surface area contributed by atoms with E-state index in [0.717, 1.165) is 11.1 Å². The predicted octanol–water partition coefficient (Wildman–Crippen LogP) is 6.15. The molecule has 4 rings (SSSR count). The summed E-state index contributed by atoms with van der Waals surface area (Å²) in [6.45, 7) is 9.98. The van der Waals surface area contributed by atoms with Gasteiger partial charge in [0.15, 0.2) is 18.1 Å². The number of carbonyl (C=O) groups is 4. The summed E-state index contributed by atoms with van der Waals surface area (Å²) in [5.74, 6) is -5.04. The van der Waals surface area contributed by atoms with E-state index in [0.29, 0.717) is 47.3 Å². The second kappa shape index (κ2) is 16.5. The van der Waals surface area contributed by atoms with Gasteiger partial charge in [0, 0.05) is 36.8 Å². The molecule has 0 heterocycles. The highest BCUT2D eigenvalue weighted by atomic mass is 79.9. The Labute approximate surface area is 296 Å². The van der Waals surface area contributed by atoms with E-state index < -0.39 is 47.4 Å². The number of ketones is 1. The van der Waals surface area contributed by atoms with Gasteiger partial charge in [-0.3, -0.25) is 19.2 Å². The van der Waals surface area contributed by atoms with Gasteiger partial charge in [-0.15, -0.1) is 0 Å². The molecule has 0 aliphatic heterocycles. The molecule has 4 atom stereocenters. The minimum Gasteiger partial charge on any atom is -0.493 e. The van der Waals surface area contributed by atoms with Crippen LogP contribution in [-0.4, -0.2) is 65.9 Å². The van der Waals surface area contributed by atoms with Crippen molar-refractivity contribution in [1.82, 2.24) is 4.90 Å². The molecule has 10 nitrogen and oxygen atoms in total. The summed E-state index contributed by atoms with van der Waals surface area (Å²) in [4.78, 5) is 56.9. The minimum absolute atomic E-state index is 0.204. The molecule has 11 heteroatoms. The number of hydrogen-bond donors (Lipinski definition) is 3. The number of anilines is 2. The number of aliphatic hydroxyl groups is 1. The Morgan fingerprint density at radius 1 is 0.918 bits per heavy atom. The first-order chi connectivity index (χ1) is 23.4. The first-order valence-electron chi connectivity index (χ1n) is 16.7.